The van der Waals surface area contributed by atoms with Crippen LogP contribution in [0.4, 0.5) is 21.5 Å². The summed E-state index contributed by atoms with van der Waals surface area (Å²) in [5.74, 6) is 1.65. The van der Waals surface area contributed by atoms with Gasteiger partial charge in [-0.25, -0.2) is 22.2 Å². The van der Waals surface area contributed by atoms with Crippen LogP contribution >= 0.6 is 0 Å². The molecule has 2 heterocycles. The first-order valence-electron chi connectivity index (χ1n) is 11.5. The summed E-state index contributed by atoms with van der Waals surface area (Å²) < 4.78 is 44.2. The van der Waals surface area contributed by atoms with Crippen LogP contribution in [0.2, 0.25) is 0 Å². The molecule has 0 radical (unpaired) electrons. The maximum absolute atomic E-state index is 14.8. The highest BCUT2D eigenvalue weighted by Crippen LogP contribution is 2.34. The summed E-state index contributed by atoms with van der Waals surface area (Å²) >= 11 is 0. The van der Waals surface area contributed by atoms with E-state index in [-0.39, 0.29) is 39.8 Å². The number of hydrogen-bond donors (Lipinski definition) is 2. The van der Waals surface area contributed by atoms with Crippen molar-refractivity contribution >= 4 is 38.1 Å². The number of hydrogen-bond acceptors (Lipinski definition) is 6. The topological polar surface area (TPSA) is 124 Å². The summed E-state index contributed by atoms with van der Waals surface area (Å²) in [7, 11) is -2.21. The zero-order valence-corrected chi connectivity index (χ0v) is 21.2. The average molecular weight is 536 g/mol. The molecule has 10 nitrogen and oxygen atoms in total. The SMILES string of the molecule is C#Cc1ccc(Nc2cc(=O)n(C)c3c2c(=O)n(C2CC2)c(=O)n3-c2cccc(NS(C)(=O)=O)c2)c(F)c1. The second-order valence-corrected chi connectivity index (χ2v) is 10.8. The predicted molar refractivity (Wildman–Crippen MR) is 143 cm³/mol. The van der Waals surface area contributed by atoms with E-state index in [1.165, 1.54) is 41.9 Å². The number of aryl methyl sites for hydroxylation is 1. The Morgan fingerprint density at radius 3 is 2.42 bits per heavy atom. The molecule has 5 rings (SSSR count). The van der Waals surface area contributed by atoms with E-state index >= 15 is 0 Å². The van der Waals surface area contributed by atoms with Crippen molar-refractivity contribution in [2.45, 2.75) is 18.9 Å². The normalized spacial score (nSPS) is 13.3. The molecule has 1 aliphatic carbocycles. The van der Waals surface area contributed by atoms with Crippen LogP contribution < -0.4 is 26.8 Å². The van der Waals surface area contributed by atoms with Crippen LogP contribution in [0, 0.1) is 18.2 Å². The van der Waals surface area contributed by atoms with Gasteiger partial charge in [-0.1, -0.05) is 12.0 Å². The first kappa shape index (κ1) is 25.0. The molecule has 0 saturated heterocycles. The van der Waals surface area contributed by atoms with Crippen LogP contribution in [-0.4, -0.2) is 28.4 Å². The molecular weight excluding hydrogens is 513 g/mol. The molecule has 2 N–H and O–H groups in total. The summed E-state index contributed by atoms with van der Waals surface area (Å²) in [5, 5.41) is 2.81. The summed E-state index contributed by atoms with van der Waals surface area (Å²) in [6.07, 6.45) is 7.57. The molecule has 4 aromatic rings. The Balaban J connectivity index is 1.84. The van der Waals surface area contributed by atoms with Gasteiger partial charge >= 0.3 is 5.69 Å². The molecule has 0 aliphatic heterocycles. The number of benzene rings is 2. The molecule has 12 heteroatoms. The van der Waals surface area contributed by atoms with Gasteiger partial charge in [-0.2, -0.15) is 0 Å². The molecule has 2 aromatic carbocycles. The van der Waals surface area contributed by atoms with Gasteiger partial charge in [0.2, 0.25) is 10.0 Å². The van der Waals surface area contributed by atoms with Crippen molar-refractivity contribution in [2.24, 2.45) is 7.05 Å². The number of nitrogens with one attached hydrogen (secondary N) is 2. The van der Waals surface area contributed by atoms with Crippen LogP contribution in [0.3, 0.4) is 0 Å². The lowest BCUT2D eigenvalue weighted by molar-refractivity contribution is 0.607. The lowest BCUT2D eigenvalue weighted by atomic mass is 10.2. The minimum Gasteiger partial charge on any atom is -0.352 e. The first-order valence-corrected chi connectivity index (χ1v) is 13.4. The fraction of sp³-hybridized carbons (Fsp3) is 0.192. The molecule has 0 unspecified atom stereocenters. The number of aromatic nitrogens is 3. The van der Waals surface area contributed by atoms with Crippen molar-refractivity contribution in [2.75, 3.05) is 16.3 Å². The quantitative estimate of drug-likeness (QED) is 0.366. The van der Waals surface area contributed by atoms with Gasteiger partial charge in [-0.3, -0.25) is 23.4 Å². The zero-order chi connectivity index (χ0) is 27.4. The third-order valence-electron chi connectivity index (χ3n) is 6.18. The lowest BCUT2D eigenvalue weighted by Gasteiger charge is -2.19. The minimum absolute atomic E-state index is 0.00835. The standard InChI is InChI=1S/C26H22FN5O5S/c1-4-15-8-11-20(19(27)12-15)28-21-14-22(33)30(2)24-23(21)25(34)32(17-9-10-17)26(35)31(24)18-7-5-6-16(13-18)29-38(3,36)37/h1,5-8,11-14,17,28-29H,9-10H2,2-3H3. The molecule has 0 spiro atoms. The summed E-state index contributed by atoms with van der Waals surface area (Å²) in [6.45, 7) is 0. The smallest absolute Gasteiger partial charge is 0.337 e. The van der Waals surface area contributed by atoms with Gasteiger partial charge < -0.3 is 5.32 Å². The summed E-state index contributed by atoms with van der Waals surface area (Å²) in [6, 6.07) is 10.9. The van der Waals surface area contributed by atoms with E-state index in [4.69, 9.17) is 6.42 Å². The monoisotopic (exact) mass is 535 g/mol. The Bertz CT molecular complexity index is 1960. The maximum atomic E-state index is 14.8. The van der Waals surface area contributed by atoms with Crippen molar-refractivity contribution < 1.29 is 12.8 Å². The second-order valence-electron chi connectivity index (χ2n) is 9.07. The lowest BCUT2D eigenvalue weighted by Crippen LogP contribution is -2.41. The molecule has 38 heavy (non-hydrogen) atoms. The Labute approximate surface area is 216 Å². The zero-order valence-electron chi connectivity index (χ0n) is 20.4. The third-order valence-corrected chi connectivity index (χ3v) is 6.78. The van der Waals surface area contributed by atoms with Gasteiger partial charge in [0.05, 0.1) is 29.0 Å². The molecule has 1 aliphatic rings. The number of anilines is 3. The van der Waals surface area contributed by atoms with Crippen LogP contribution in [0.1, 0.15) is 24.4 Å². The van der Waals surface area contributed by atoms with Crippen molar-refractivity contribution in [3.8, 4) is 18.0 Å². The fourth-order valence-corrected chi connectivity index (χ4v) is 4.88. The summed E-state index contributed by atoms with van der Waals surface area (Å²) in [4.78, 5) is 40.4. The van der Waals surface area contributed by atoms with Crippen LogP contribution in [-0.2, 0) is 17.1 Å². The van der Waals surface area contributed by atoms with Gasteiger partial charge in [0.1, 0.15) is 16.9 Å². The van der Waals surface area contributed by atoms with Gasteiger partial charge in [0.15, 0.2) is 0 Å². The Hall–Kier alpha value is -4.63. The number of nitrogens with zero attached hydrogens (tertiary/aromatic N) is 3. The van der Waals surface area contributed by atoms with Gasteiger partial charge in [0, 0.05) is 24.7 Å². The van der Waals surface area contributed by atoms with Crippen LogP contribution in [0.5, 0.6) is 0 Å². The highest BCUT2D eigenvalue weighted by Gasteiger charge is 2.31. The molecule has 2 aromatic heterocycles. The highest BCUT2D eigenvalue weighted by molar-refractivity contribution is 7.92. The minimum atomic E-state index is -3.62. The van der Waals surface area contributed by atoms with Crippen LogP contribution in [0.25, 0.3) is 16.7 Å². The van der Waals surface area contributed by atoms with E-state index in [9.17, 15) is 27.2 Å². The molecular formula is C26H22FN5O5S. The molecule has 1 fully saturated rings. The van der Waals surface area contributed by atoms with Crippen LogP contribution in [0.15, 0.2) is 62.9 Å². The van der Waals surface area contributed by atoms with Gasteiger partial charge in [0.25, 0.3) is 11.1 Å². The Kier molecular flexibility index (Phi) is 5.95. The van der Waals surface area contributed by atoms with E-state index in [1.54, 1.807) is 6.07 Å². The highest BCUT2D eigenvalue weighted by atomic mass is 32.2. The van der Waals surface area contributed by atoms with E-state index in [0.29, 0.717) is 18.4 Å². The fourth-order valence-electron chi connectivity index (χ4n) is 4.32. The molecule has 1 saturated carbocycles. The van der Waals surface area contributed by atoms with Gasteiger partial charge in [-0.05, 0) is 49.2 Å². The van der Waals surface area contributed by atoms with E-state index < -0.39 is 32.6 Å². The molecule has 0 bridgehead atoms. The number of halogens is 1. The molecule has 0 amide bonds. The molecule has 194 valence electrons. The Morgan fingerprint density at radius 1 is 1.05 bits per heavy atom. The third kappa shape index (κ3) is 4.48. The Morgan fingerprint density at radius 2 is 1.79 bits per heavy atom. The molecule has 0 atom stereocenters. The van der Waals surface area contributed by atoms with Crippen molar-refractivity contribution in [3.63, 3.8) is 0 Å². The van der Waals surface area contributed by atoms with Crippen molar-refractivity contribution in [1.82, 2.24) is 13.7 Å². The van der Waals surface area contributed by atoms with Gasteiger partial charge in [-0.15, -0.1) is 6.42 Å². The number of rotatable bonds is 6. The van der Waals surface area contributed by atoms with E-state index in [1.807, 2.05) is 0 Å². The second kappa shape index (κ2) is 9.04. The largest absolute Gasteiger partial charge is 0.352 e. The maximum Gasteiger partial charge on any atom is 0.337 e. The average Bonchev–Trinajstić information content (AvgIpc) is 3.67. The van der Waals surface area contributed by atoms with E-state index in [2.05, 4.69) is 16.0 Å². The van der Waals surface area contributed by atoms with Crippen molar-refractivity contribution in [1.29, 1.82) is 0 Å². The van der Waals surface area contributed by atoms with Crippen molar-refractivity contribution in [3.05, 3.63) is 91.1 Å². The number of fused-ring (bicyclic) bond motifs is 1. The first-order chi connectivity index (χ1) is 18.0. The number of terminal acetylenes is 1. The predicted octanol–water partition coefficient (Wildman–Crippen LogP) is 2.42. The number of sulfonamides is 1. The van der Waals surface area contributed by atoms with E-state index in [0.717, 1.165) is 27.5 Å². The summed E-state index contributed by atoms with van der Waals surface area (Å²) in [5.41, 5.74) is -1.21. The number of pyridine rings is 1.